The molecule has 0 aliphatic carbocycles. The zero-order valence-electron chi connectivity index (χ0n) is 8.66. The van der Waals surface area contributed by atoms with Crippen molar-refractivity contribution < 1.29 is 0 Å². The van der Waals surface area contributed by atoms with Crippen LogP contribution in [0.25, 0.3) is 10.9 Å². The highest BCUT2D eigenvalue weighted by Gasteiger charge is 2.33. The van der Waals surface area contributed by atoms with Gasteiger partial charge in [0, 0.05) is 35.6 Å². The fourth-order valence-electron chi connectivity index (χ4n) is 3.25. The van der Waals surface area contributed by atoms with Crippen molar-refractivity contribution in [1.82, 2.24) is 9.88 Å². The Kier molecular flexibility index (Phi) is 1.40. The Balaban J connectivity index is 2.05. The largest absolute Gasteiger partial charge is 0.357 e. The van der Waals surface area contributed by atoms with E-state index in [2.05, 4.69) is 34.1 Å². The Labute approximate surface area is 88.9 Å². The van der Waals surface area contributed by atoms with E-state index in [1.54, 1.807) is 5.56 Å². The summed E-state index contributed by atoms with van der Waals surface area (Å²) in [5.74, 6) is 0.782. The SMILES string of the molecule is c1ccc2c3c([nH]c2c1)CN1CCC3C1. The number of hydrogen-bond acceptors (Lipinski definition) is 1. The van der Waals surface area contributed by atoms with Crippen LogP contribution in [-0.4, -0.2) is 23.0 Å². The van der Waals surface area contributed by atoms with Crippen molar-refractivity contribution in [1.29, 1.82) is 0 Å². The normalized spacial score (nSPS) is 28.3. The smallest absolute Gasteiger partial charge is 0.0459 e. The molecule has 1 aromatic heterocycles. The van der Waals surface area contributed by atoms with Gasteiger partial charge in [-0.3, -0.25) is 4.90 Å². The van der Waals surface area contributed by atoms with Crippen LogP contribution >= 0.6 is 0 Å². The second-order valence-electron chi connectivity index (χ2n) is 4.78. The predicted molar refractivity (Wildman–Crippen MR) is 60.9 cm³/mol. The average Bonchev–Trinajstić information content (AvgIpc) is 2.80. The fourth-order valence-corrected chi connectivity index (χ4v) is 3.25. The summed E-state index contributed by atoms with van der Waals surface area (Å²) in [7, 11) is 0. The van der Waals surface area contributed by atoms with Gasteiger partial charge >= 0.3 is 0 Å². The zero-order chi connectivity index (χ0) is 9.83. The molecular weight excluding hydrogens is 184 g/mol. The molecule has 2 aliphatic heterocycles. The molecule has 2 aromatic rings. The van der Waals surface area contributed by atoms with Crippen molar-refractivity contribution in [3.8, 4) is 0 Å². The molecule has 1 saturated heterocycles. The van der Waals surface area contributed by atoms with Gasteiger partial charge < -0.3 is 4.98 Å². The first kappa shape index (κ1) is 7.94. The molecule has 0 saturated carbocycles. The lowest BCUT2D eigenvalue weighted by Crippen LogP contribution is -2.24. The van der Waals surface area contributed by atoms with Gasteiger partial charge in [0.2, 0.25) is 0 Å². The van der Waals surface area contributed by atoms with Gasteiger partial charge in [0.25, 0.3) is 0 Å². The number of aromatic nitrogens is 1. The van der Waals surface area contributed by atoms with Crippen LogP contribution in [-0.2, 0) is 6.54 Å². The molecule has 1 fully saturated rings. The van der Waals surface area contributed by atoms with E-state index in [4.69, 9.17) is 0 Å². The van der Waals surface area contributed by atoms with Gasteiger partial charge in [-0.2, -0.15) is 0 Å². The summed E-state index contributed by atoms with van der Waals surface area (Å²) in [5, 5.41) is 1.46. The highest BCUT2D eigenvalue weighted by Crippen LogP contribution is 2.39. The molecule has 2 atom stereocenters. The number of hydrogen-bond donors (Lipinski definition) is 1. The van der Waals surface area contributed by atoms with Crippen molar-refractivity contribution in [2.45, 2.75) is 18.9 Å². The topological polar surface area (TPSA) is 19.0 Å². The predicted octanol–water partition coefficient (Wildman–Crippen LogP) is 2.47. The molecule has 3 heterocycles. The average molecular weight is 198 g/mol. The maximum absolute atomic E-state index is 3.58. The van der Waals surface area contributed by atoms with Crippen molar-refractivity contribution in [2.75, 3.05) is 13.1 Å². The first-order chi connectivity index (χ1) is 7.42. The van der Waals surface area contributed by atoms with E-state index in [0.29, 0.717) is 0 Å². The van der Waals surface area contributed by atoms with E-state index in [1.807, 2.05) is 0 Å². The quantitative estimate of drug-likeness (QED) is 0.689. The monoisotopic (exact) mass is 198 g/mol. The number of rotatable bonds is 0. The molecule has 1 aromatic carbocycles. The minimum Gasteiger partial charge on any atom is -0.357 e. The number of benzene rings is 1. The summed E-state index contributed by atoms with van der Waals surface area (Å²) in [4.78, 5) is 6.13. The van der Waals surface area contributed by atoms with Gasteiger partial charge in [-0.05, 0) is 24.6 Å². The summed E-state index contributed by atoms with van der Waals surface area (Å²) >= 11 is 0. The van der Waals surface area contributed by atoms with Crippen molar-refractivity contribution >= 4 is 10.9 Å². The first-order valence-corrected chi connectivity index (χ1v) is 5.73. The zero-order valence-corrected chi connectivity index (χ0v) is 8.66. The van der Waals surface area contributed by atoms with Gasteiger partial charge in [-0.25, -0.2) is 0 Å². The molecule has 0 amide bonds. The lowest BCUT2D eigenvalue weighted by atomic mass is 9.94. The van der Waals surface area contributed by atoms with Gasteiger partial charge in [0.15, 0.2) is 0 Å². The molecule has 2 bridgehead atoms. The minimum absolute atomic E-state index is 0.782. The number of H-pyrrole nitrogens is 1. The number of aromatic amines is 1. The molecule has 0 radical (unpaired) electrons. The van der Waals surface area contributed by atoms with Crippen LogP contribution in [0.3, 0.4) is 0 Å². The molecular formula is C13H14N2. The maximum Gasteiger partial charge on any atom is 0.0459 e. The molecule has 2 aliphatic rings. The third-order valence-corrected chi connectivity index (χ3v) is 3.89. The summed E-state index contributed by atoms with van der Waals surface area (Å²) in [6.07, 6.45) is 1.34. The first-order valence-electron chi connectivity index (χ1n) is 5.73. The Bertz CT molecular complexity index is 526. The van der Waals surface area contributed by atoms with Crippen LogP contribution < -0.4 is 0 Å². The summed E-state index contributed by atoms with van der Waals surface area (Å²) in [6, 6.07) is 8.72. The second-order valence-corrected chi connectivity index (χ2v) is 4.78. The molecule has 0 spiro atoms. The van der Waals surface area contributed by atoms with E-state index < -0.39 is 0 Å². The Hall–Kier alpha value is -1.28. The fraction of sp³-hybridized carbons (Fsp3) is 0.385. The standard InChI is InChI=1S/C13H14N2/c1-2-4-11-10(3-1)13-9-5-6-15(7-9)8-12(13)14-11/h1-4,9,14H,5-8H2. The number of fused-ring (bicyclic) bond motifs is 6. The number of nitrogens with one attached hydrogen (secondary N) is 1. The van der Waals surface area contributed by atoms with Crippen LogP contribution in [0.5, 0.6) is 0 Å². The van der Waals surface area contributed by atoms with Crippen LogP contribution in [0, 0.1) is 0 Å². The molecule has 4 rings (SSSR count). The third-order valence-electron chi connectivity index (χ3n) is 3.89. The van der Waals surface area contributed by atoms with Crippen LogP contribution in [0.1, 0.15) is 23.6 Å². The lowest BCUT2D eigenvalue weighted by molar-refractivity contribution is 0.310. The van der Waals surface area contributed by atoms with Gasteiger partial charge in [0.1, 0.15) is 0 Å². The maximum atomic E-state index is 3.58. The third kappa shape index (κ3) is 0.975. The van der Waals surface area contributed by atoms with E-state index in [0.717, 1.165) is 12.5 Å². The lowest BCUT2D eigenvalue weighted by Gasteiger charge is -2.22. The van der Waals surface area contributed by atoms with E-state index in [9.17, 15) is 0 Å². The summed E-state index contributed by atoms with van der Waals surface area (Å²) in [5.41, 5.74) is 4.39. The molecule has 2 nitrogen and oxygen atoms in total. The summed E-state index contributed by atoms with van der Waals surface area (Å²) < 4.78 is 0. The molecule has 2 unspecified atom stereocenters. The van der Waals surface area contributed by atoms with Crippen molar-refractivity contribution in [2.24, 2.45) is 0 Å². The number of nitrogens with zero attached hydrogens (tertiary/aromatic N) is 1. The van der Waals surface area contributed by atoms with E-state index in [-0.39, 0.29) is 0 Å². The molecule has 76 valence electrons. The Morgan fingerprint density at radius 3 is 3.20 bits per heavy atom. The second kappa shape index (κ2) is 2.64. The molecule has 2 heteroatoms. The van der Waals surface area contributed by atoms with Crippen LogP contribution in [0.15, 0.2) is 24.3 Å². The summed E-state index contributed by atoms with van der Waals surface area (Å²) in [6.45, 7) is 3.68. The number of para-hydroxylation sites is 1. The highest BCUT2D eigenvalue weighted by atomic mass is 15.2. The van der Waals surface area contributed by atoms with Crippen LogP contribution in [0.4, 0.5) is 0 Å². The Morgan fingerprint density at radius 1 is 1.27 bits per heavy atom. The minimum atomic E-state index is 0.782. The highest BCUT2D eigenvalue weighted by molar-refractivity contribution is 5.85. The van der Waals surface area contributed by atoms with Gasteiger partial charge in [-0.1, -0.05) is 18.2 Å². The van der Waals surface area contributed by atoms with E-state index >= 15 is 0 Å². The Morgan fingerprint density at radius 2 is 2.20 bits per heavy atom. The molecule has 15 heavy (non-hydrogen) atoms. The van der Waals surface area contributed by atoms with Crippen molar-refractivity contribution in [3.05, 3.63) is 35.5 Å². The van der Waals surface area contributed by atoms with E-state index in [1.165, 1.54) is 36.1 Å². The van der Waals surface area contributed by atoms with Gasteiger partial charge in [0.05, 0.1) is 0 Å². The van der Waals surface area contributed by atoms with Gasteiger partial charge in [-0.15, -0.1) is 0 Å². The van der Waals surface area contributed by atoms with Crippen molar-refractivity contribution in [3.63, 3.8) is 0 Å². The van der Waals surface area contributed by atoms with Crippen LogP contribution in [0.2, 0.25) is 0 Å². The molecule has 1 N–H and O–H groups in total.